The zero-order chi connectivity index (χ0) is 23.5. The number of likely N-dealkylation sites (N-methyl/N-ethyl adjacent to an activating group) is 1. The summed E-state index contributed by atoms with van der Waals surface area (Å²) in [5.74, 6) is 0.0942. The molecule has 3 aromatic heterocycles. The van der Waals surface area contributed by atoms with Crippen LogP contribution in [-0.4, -0.2) is 68.6 Å². The van der Waals surface area contributed by atoms with Gasteiger partial charge in [0.1, 0.15) is 0 Å². The van der Waals surface area contributed by atoms with E-state index in [2.05, 4.69) is 32.0 Å². The van der Waals surface area contributed by atoms with Crippen LogP contribution in [0.3, 0.4) is 0 Å². The van der Waals surface area contributed by atoms with Crippen molar-refractivity contribution in [3.63, 3.8) is 0 Å². The maximum absolute atomic E-state index is 12.9. The number of nitrogens with one attached hydrogen (secondary N) is 1. The molecule has 0 spiro atoms. The Morgan fingerprint density at radius 1 is 0.971 bits per heavy atom. The summed E-state index contributed by atoms with van der Waals surface area (Å²) in [6.07, 6.45) is 3.60. The van der Waals surface area contributed by atoms with E-state index in [1.807, 2.05) is 66.4 Å². The van der Waals surface area contributed by atoms with Gasteiger partial charge in [0.25, 0.3) is 5.91 Å². The molecule has 172 valence electrons. The highest BCUT2D eigenvalue weighted by Crippen LogP contribution is 2.31. The zero-order valence-corrected chi connectivity index (χ0v) is 19.5. The molecule has 0 bridgehead atoms. The highest BCUT2D eigenvalue weighted by molar-refractivity contribution is 5.94. The first-order valence-electron chi connectivity index (χ1n) is 11.7. The van der Waals surface area contributed by atoms with Crippen molar-refractivity contribution in [2.45, 2.75) is 13.8 Å². The Hall–Kier alpha value is -3.84. The van der Waals surface area contributed by atoms with Gasteiger partial charge >= 0.3 is 0 Å². The molecule has 1 aliphatic rings. The van der Waals surface area contributed by atoms with Gasteiger partial charge in [0.05, 0.1) is 23.3 Å². The van der Waals surface area contributed by atoms with Crippen molar-refractivity contribution in [2.24, 2.45) is 0 Å². The van der Waals surface area contributed by atoms with Crippen molar-refractivity contribution >= 4 is 5.91 Å². The van der Waals surface area contributed by atoms with Crippen LogP contribution in [0.4, 0.5) is 0 Å². The van der Waals surface area contributed by atoms with Gasteiger partial charge in [-0.25, -0.2) is 0 Å². The van der Waals surface area contributed by atoms with Crippen LogP contribution in [0.2, 0.25) is 0 Å². The van der Waals surface area contributed by atoms with Gasteiger partial charge in [-0.1, -0.05) is 25.1 Å². The Bertz CT molecular complexity index is 1290. The zero-order valence-electron chi connectivity index (χ0n) is 19.5. The highest BCUT2D eigenvalue weighted by Gasteiger charge is 2.21. The average molecular weight is 453 g/mol. The average Bonchev–Trinajstić information content (AvgIpc) is 3.39. The minimum Gasteiger partial charge on any atom is -0.336 e. The predicted molar refractivity (Wildman–Crippen MR) is 133 cm³/mol. The molecule has 34 heavy (non-hydrogen) atoms. The minimum atomic E-state index is 0.0942. The number of benzene rings is 1. The smallest absolute Gasteiger partial charge is 0.253 e. The summed E-state index contributed by atoms with van der Waals surface area (Å²) in [7, 11) is 0. The van der Waals surface area contributed by atoms with E-state index in [4.69, 9.17) is 0 Å². The van der Waals surface area contributed by atoms with E-state index in [0.29, 0.717) is 5.56 Å². The van der Waals surface area contributed by atoms with Crippen molar-refractivity contribution in [1.82, 2.24) is 30.0 Å². The highest BCUT2D eigenvalue weighted by atomic mass is 16.2. The van der Waals surface area contributed by atoms with Crippen LogP contribution in [0.15, 0.2) is 67.0 Å². The van der Waals surface area contributed by atoms with Gasteiger partial charge < -0.3 is 9.80 Å². The van der Waals surface area contributed by atoms with Crippen LogP contribution in [0.1, 0.15) is 23.0 Å². The number of rotatable bonds is 5. The SMILES string of the molecule is CCN1CCN(C(=O)c2ccc(-c3cc(-c4[nH]ncc4-c4cccc(C)n4)ccn3)cc2)CC1. The summed E-state index contributed by atoms with van der Waals surface area (Å²) in [6, 6.07) is 17.7. The molecule has 0 radical (unpaired) electrons. The molecule has 0 atom stereocenters. The van der Waals surface area contributed by atoms with E-state index < -0.39 is 0 Å². The Labute approximate surface area is 199 Å². The molecule has 1 aliphatic heterocycles. The van der Waals surface area contributed by atoms with Gasteiger partial charge in [-0.15, -0.1) is 0 Å². The van der Waals surface area contributed by atoms with Crippen molar-refractivity contribution in [3.05, 3.63) is 78.2 Å². The summed E-state index contributed by atoms with van der Waals surface area (Å²) in [6.45, 7) is 8.60. The Morgan fingerprint density at radius 3 is 2.50 bits per heavy atom. The summed E-state index contributed by atoms with van der Waals surface area (Å²) < 4.78 is 0. The second kappa shape index (κ2) is 9.57. The first-order valence-corrected chi connectivity index (χ1v) is 11.7. The number of H-pyrrole nitrogens is 1. The lowest BCUT2D eigenvalue weighted by molar-refractivity contribution is 0.0643. The van der Waals surface area contributed by atoms with Crippen molar-refractivity contribution in [1.29, 1.82) is 0 Å². The maximum atomic E-state index is 12.9. The molecule has 4 heterocycles. The second-order valence-corrected chi connectivity index (χ2v) is 8.56. The third-order valence-electron chi connectivity index (χ3n) is 6.39. The topological polar surface area (TPSA) is 78.0 Å². The van der Waals surface area contributed by atoms with E-state index in [1.54, 1.807) is 12.4 Å². The standard InChI is InChI=1S/C27H28N6O/c1-3-32-13-15-33(16-14-32)27(34)21-9-7-20(8-10-21)25-17-22(11-12-28-25)26-23(18-29-31-26)24-6-4-5-19(2)30-24/h4-12,17-18H,3,13-16H2,1-2H3,(H,29,31). The fraction of sp³-hybridized carbons (Fsp3) is 0.259. The number of carbonyl (C=O) groups excluding carboxylic acids is 1. The Kier molecular flexibility index (Phi) is 6.18. The molecule has 1 fully saturated rings. The fourth-order valence-electron chi connectivity index (χ4n) is 4.37. The third kappa shape index (κ3) is 4.47. The number of nitrogens with zero attached hydrogens (tertiary/aromatic N) is 5. The molecule has 5 rings (SSSR count). The number of hydrogen-bond donors (Lipinski definition) is 1. The van der Waals surface area contributed by atoms with E-state index in [0.717, 1.165) is 72.2 Å². The number of amides is 1. The van der Waals surface area contributed by atoms with E-state index in [1.165, 1.54) is 0 Å². The second-order valence-electron chi connectivity index (χ2n) is 8.56. The first-order chi connectivity index (χ1) is 16.6. The largest absolute Gasteiger partial charge is 0.336 e. The van der Waals surface area contributed by atoms with Crippen molar-refractivity contribution < 1.29 is 4.79 Å². The Balaban J connectivity index is 1.37. The molecule has 7 nitrogen and oxygen atoms in total. The van der Waals surface area contributed by atoms with Crippen molar-refractivity contribution in [3.8, 4) is 33.8 Å². The predicted octanol–water partition coefficient (Wildman–Crippen LogP) is 4.29. The molecule has 1 saturated heterocycles. The molecule has 0 unspecified atom stereocenters. The molecule has 4 aromatic rings. The van der Waals surface area contributed by atoms with Crippen LogP contribution in [0.25, 0.3) is 33.8 Å². The summed E-state index contributed by atoms with van der Waals surface area (Å²) in [5.41, 5.74) is 7.19. The van der Waals surface area contributed by atoms with Crippen LogP contribution in [0.5, 0.6) is 0 Å². The van der Waals surface area contributed by atoms with Gasteiger partial charge in [0.2, 0.25) is 0 Å². The summed E-state index contributed by atoms with van der Waals surface area (Å²) in [5, 5.41) is 7.38. The third-order valence-corrected chi connectivity index (χ3v) is 6.39. The van der Waals surface area contributed by atoms with Gasteiger partial charge in [0, 0.05) is 60.3 Å². The number of hydrogen-bond acceptors (Lipinski definition) is 5. The monoisotopic (exact) mass is 452 g/mol. The van der Waals surface area contributed by atoms with E-state index >= 15 is 0 Å². The molecular weight excluding hydrogens is 424 g/mol. The number of aromatic nitrogens is 4. The van der Waals surface area contributed by atoms with Gasteiger partial charge in [-0.3, -0.25) is 19.9 Å². The molecular formula is C27H28N6O. The maximum Gasteiger partial charge on any atom is 0.253 e. The summed E-state index contributed by atoms with van der Waals surface area (Å²) >= 11 is 0. The van der Waals surface area contributed by atoms with Crippen LogP contribution >= 0.6 is 0 Å². The lowest BCUT2D eigenvalue weighted by Crippen LogP contribution is -2.48. The molecule has 7 heteroatoms. The minimum absolute atomic E-state index is 0.0942. The van der Waals surface area contributed by atoms with Crippen LogP contribution in [-0.2, 0) is 0 Å². The molecule has 0 aliphatic carbocycles. The number of aromatic amines is 1. The number of pyridine rings is 2. The van der Waals surface area contributed by atoms with Crippen molar-refractivity contribution in [2.75, 3.05) is 32.7 Å². The van der Waals surface area contributed by atoms with E-state index in [-0.39, 0.29) is 5.91 Å². The van der Waals surface area contributed by atoms with Crippen LogP contribution < -0.4 is 0 Å². The van der Waals surface area contributed by atoms with Gasteiger partial charge in [-0.05, 0) is 49.9 Å². The van der Waals surface area contributed by atoms with Gasteiger partial charge in [0.15, 0.2) is 0 Å². The summed E-state index contributed by atoms with van der Waals surface area (Å²) in [4.78, 5) is 26.4. The Morgan fingerprint density at radius 2 is 1.76 bits per heavy atom. The quantitative estimate of drug-likeness (QED) is 0.489. The lowest BCUT2D eigenvalue weighted by Gasteiger charge is -2.34. The van der Waals surface area contributed by atoms with Crippen LogP contribution in [0, 0.1) is 6.92 Å². The number of piperazine rings is 1. The fourth-order valence-corrected chi connectivity index (χ4v) is 4.37. The molecule has 1 N–H and O–H groups in total. The normalized spacial score (nSPS) is 14.4. The number of carbonyl (C=O) groups is 1. The lowest BCUT2D eigenvalue weighted by atomic mass is 10.0. The first kappa shape index (κ1) is 22.0. The molecule has 1 aromatic carbocycles. The number of aryl methyl sites for hydroxylation is 1. The molecule has 0 saturated carbocycles. The molecule has 1 amide bonds. The van der Waals surface area contributed by atoms with Gasteiger partial charge in [-0.2, -0.15) is 5.10 Å². The van der Waals surface area contributed by atoms with E-state index in [9.17, 15) is 4.79 Å².